The van der Waals surface area contributed by atoms with Gasteiger partial charge in [-0.3, -0.25) is 0 Å². The Labute approximate surface area is 98.9 Å². The van der Waals surface area contributed by atoms with Crippen molar-refractivity contribution in [1.82, 2.24) is 15.0 Å². The molecule has 0 bridgehead atoms. The second-order valence-corrected chi connectivity index (χ2v) is 3.99. The van der Waals surface area contributed by atoms with E-state index >= 15 is 0 Å². The standard InChI is InChI=1S/C8H6ClFN4OS/c1-16-8-12-4-2(7(15)14-8)6(11)13-5(9)3(4)10/h1H3,(H2,11,13)(H,12,14,15). The first kappa shape index (κ1) is 11.2. The Morgan fingerprint density at radius 3 is 2.69 bits per heavy atom. The van der Waals surface area contributed by atoms with Gasteiger partial charge in [-0.15, -0.1) is 0 Å². The zero-order valence-electron chi connectivity index (χ0n) is 8.03. The summed E-state index contributed by atoms with van der Waals surface area (Å²) >= 11 is 6.69. The van der Waals surface area contributed by atoms with Crippen LogP contribution >= 0.6 is 23.4 Å². The number of rotatable bonds is 1. The van der Waals surface area contributed by atoms with Crippen molar-refractivity contribution in [3.63, 3.8) is 0 Å². The van der Waals surface area contributed by atoms with Gasteiger partial charge < -0.3 is 10.8 Å². The lowest BCUT2D eigenvalue weighted by Crippen LogP contribution is -2.00. The topological polar surface area (TPSA) is 84.9 Å². The molecule has 0 unspecified atom stereocenters. The van der Waals surface area contributed by atoms with Gasteiger partial charge in [0.1, 0.15) is 16.7 Å². The highest BCUT2D eigenvalue weighted by Crippen LogP contribution is 2.32. The van der Waals surface area contributed by atoms with Gasteiger partial charge in [0.15, 0.2) is 16.1 Å². The summed E-state index contributed by atoms with van der Waals surface area (Å²) in [4.78, 5) is 11.2. The summed E-state index contributed by atoms with van der Waals surface area (Å²) in [5, 5.41) is 9.40. The molecule has 0 aliphatic heterocycles. The fourth-order valence-corrected chi connectivity index (χ4v) is 1.76. The molecule has 0 aliphatic rings. The van der Waals surface area contributed by atoms with Crippen molar-refractivity contribution >= 4 is 40.1 Å². The molecule has 0 radical (unpaired) electrons. The van der Waals surface area contributed by atoms with E-state index in [1.54, 1.807) is 6.26 Å². The molecule has 0 spiro atoms. The maximum absolute atomic E-state index is 13.6. The van der Waals surface area contributed by atoms with Crippen LogP contribution in [0.15, 0.2) is 5.16 Å². The van der Waals surface area contributed by atoms with Crippen LogP contribution in [0.3, 0.4) is 0 Å². The number of hydrogen-bond donors (Lipinski definition) is 2. The summed E-state index contributed by atoms with van der Waals surface area (Å²) < 4.78 is 13.6. The van der Waals surface area contributed by atoms with Gasteiger partial charge in [0.05, 0.1) is 0 Å². The summed E-state index contributed by atoms with van der Waals surface area (Å²) in [7, 11) is 0. The van der Waals surface area contributed by atoms with Crippen molar-refractivity contribution < 1.29 is 9.50 Å². The maximum atomic E-state index is 13.6. The Hall–Kier alpha value is -1.34. The average molecular weight is 261 g/mol. The van der Waals surface area contributed by atoms with E-state index < -0.39 is 11.7 Å². The molecule has 8 heteroatoms. The van der Waals surface area contributed by atoms with Crippen LogP contribution in [0.25, 0.3) is 10.9 Å². The molecule has 5 nitrogen and oxygen atoms in total. The normalized spacial score (nSPS) is 10.9. The molecule has 3 N–H and O–H groups in total. The monoisotopic (exact) mass is 260 g/mol. The highest BCUT2D eigenvalue weighted by Gasteiger charge is 2.17. The summed E-state index contributed by atoms with van der Waals surface area (Å²) in [6.45, 7) is 0. The molecule has 0 saturated heterocycles. The molecule has 84 valence electrons. The maximum Gasteiger partial charge on any atom is 0.226 e. The quantitative estimate of drug-likeness (QED) is 0.462. The number of nitrogens with zero attached hydrogens (tertiary/aromatic N) is 3. The minimum Gasteiger partial charge on any atom is -0.493 e. The van der Waals surface area contributed by atoms with E-state index in [4.69, 9.17) is 17.3 Å². The highest BCUT2D eigenvalue weighted by molar-refractivity contribution is 7.98. The van der Waals surface area contributed by atoms with Gasteiger partial charge >= 0.3 is 0 Å². The van der Waals surface area contributed by atoms with E-state index in [9.17, 15) is 9.50 Å². The molecule has 0 aliphatic carbocycles. The third kappa shape index (κ3) is 1.61. The number of nitrogens with two attached hydrogens (primary N) is 1. The number of thioether (sulfide) groups is 1. The summed E-state index contributed by atoms with van der Waals surface area (Å²) in [6, 6.07) is 0. The third-order valence-corrected chi connectivity index (χ3v) is 2.71. The van der Waals surface area contributed by atoms with Crippen LogP contribution in [0.5, 0.6) is 5.88 Å². The molecule has 16 heavy (non-hydrogen) atoms. The minimum atomic E-state index is -0.820. The van der Waals surface area contributed by atoms with E-state index in [0.29, 0.717) is 0 Å². The van der Waals surface area contributed by atoms with Gasteiger partial charge in [-0.2, -0.15) is 4.98 Å². The molecule has 0 amide bonds. The molecular weight excluding hydrogens is 255 g/mol. The summed E-state index contributed by atoms with van der Waals surface area (Å²) in [5.41, 5.74) is 5.38. The number of halogens is 2. The van der Waals surface area contributed by atoms with Crippen molar-refractivity contribution in [2.24, 2.45) is 0 Å². The number of aromatic nitrogens is 3. The van der Waals surface area contributed by atoms with E-state index in [0.717, 1.165) is 0 Å². The van der Waals surface area contributed by atoms with Gasteiger partial charge in [-0.25, -0.2) is 14.4 Å². The predicted molar refractivity (Wildman–Crippen MR) is 60.2 cm³/mol. The Kier molecular flexibility index (Phi) is 2.73. The second kappa shape index (κ2) is 3.91. The van der Waals surface area contributed by atoms with E-state index in [1.165, 1.54) is 11.8 Å². The fourth-order valence-electron chi connectivity index (χ4n) is 1.22. The average Bonchev–Trinajstić information content (AvgIpc) is 2.24. The smallest absolute Gasteiger partial charge is 0.226 e. The number of hydrogen-bond acceptors (Lipinski definition) is 6. The lowest BCUT2D eigenvalue weighted by atomic mass is 10.3. The van der Waals surface area contributed by atoms with Crippen LogP contribution in [0.2, 0.25) is 5.15 Å². The molecule has 2 aromatic rings. The van der Waals surface area contributed by atoms with Gasteiger partial charge in [0, 0.05) is 0 Å². The molecular formula is C8H6ClFN4OS. The molecule has 0 aromatic carbocycles. The Bertz CT molecular complexity index is 580. The fraction of sp³-hybridized carbons (Fsp3) is 0.125. The largest absolute Gasteiger partial charge is 0.493 e. The molecule has 2 aromatic heterocycles. The number of pyridine rings is 1. The number of nitrogen functional groups attached to an aromatic ring is 1. The lowest BCUT2D eigenvalue weighted by Gasteiger charge is -2.06. The minimum absolute atomic E-state index is 0.0281. The Morgan fingerprint density at radius 1 is 1.38 bits per heavy atom. The first-order valence-electron chi connectivity index (χ1n) is 4.09. The predicted octanol–water partition coefficient (Wildman–Crippen LogP) is 1.83. The number of aromatic hydroxyl groups is 1. The highest BCUT2D eigenvalue weighted by atomic mass is 35.5. The Balaban J connectivity index is 2.94. The zero-order chi connectivity index (χ0) is 11.9. The SMILES string of the molecule is CSc1nc(O)c2c(N)nc(Cl)c(F)c2n1. The van der Waals surface area contributed by atoms with Crippen molar-refractivity contribution in [1.29, 1.82) is 0 Å². The Morgan fingerprint density at radius 2 is 2.06 bits per heavy atom. The lowest BCUT2D eigenvalue weighted by molar-refractivity contribution is 0.453. The second-order valence-electron chi connectivity index (χ2n) is 2.86. The van der Waals surface area contributed by atoms with Crippen molar-refractivity contribution in [3.05, 3.63) is 11.0 Å². The van der Waals surface area contributed by atoms with E-state index in [1.807, 2.05) is 0 Å². The van der Waals surface area contributed by atoms with Gasteiger partial charge in [0.25, 0.3) is 0 Å². The van der Waals surface area contributed by atoms with E-state index in [2.05, 4.69) is 15.0 Å². The van der Waals surface area contributed by atoms with Crippen LogP contribution in [0.1, 0.15) is 0 Å². The molecule has 2 heterocycles. The summed E-state index contributed by atoms with van der Waals surface area (Å²) in [5.74, 6) is -1.33. The van der Waals surface area contributed by atoms with Crippen molar-refractivity contribution in [2.75, 3.05) is 12.0 Å². The van der Waals surface area contributed by atoms with Crippen molar-refractivity contribution in [3.8, 4) is 5.88 Å². The van der Waals surface area contributed by atoms with Crippen LogP contribution < -0.4 is 5.73 Å². The molecule has 2 rings (SSSR count). The number of anilines is 1. The van der Waals surface area contributed by atoms with Crippen molar-refractivity contribution in [2.45, 2.75) is 5.16 Å². The van der Waals surface area contributed by atoms with Crippen LogP contribution in [-0.4, -0.2) is 26.3 Å². The molecule has 0 saturated carbocycles. The molecule has 0 atom stereocenters. The first-order chi connectivity index (χ1) is 7.54. The number of fused-ring (bicyclic) bond motifs is 1. The van der Waals surface area contributed by atoms with Crippen LogP contribution in [-0.2, 0) is 0 Å². The molecule has 0 fully saturated rings. The van der Waals surface area contributed by atoms with Gasteiger partial charge in [0.2, 0.25) is 5.88 Å². The van der Waals surface area contributed by atoms with Crippen LogP contribution in [0, 0.1) is 5.82 Å². The van der Waals surface area contributed by atoms with Gasteiger partial charge in [-0.1, -0.05) is 23.4 Å². The zero-order valence-corrected chi connectivity index (χ0v) is 9.60. The van der Waals surface area contributed by atoms with E-state index in [-0.39, 0.29) is 27.0 Å². The third-order valence-electron chi connectivity index (χ3n) is 1.92. The van der Waals surface area contributed by atoms with Crippen LogP contribution in [0.4, 0.5) is 10.2 Å². The first-order valence-corrected chi connectivity index (χ1v) is 5.70. The van der Waals surface area contributed by atoms with Gasteiger partial charge in [-0.05, 0) is 6.26 Å². The summed E-state index contributed by atoms with van der Waals surface area (Å²) in [6.07, 6.45) is 1.70.